The van der Waals surface area contributed by atoms with E-state index in [1.165, 1.54) is 0 Å². The van der Waals surface area contributed by atoms with E-state index >= 15 is 0 Å². The van der Waals surface area contributed by atoms with Crippen LogP contribution in [-0.2, 0) is 11.3 Å². The van der Waals surface area contributed by atoms with Crippen molar-refractivity contribution in [2.75, 3.05) is 19.0 Å². The van der Waals surface area contributed by atoms with Gasteiger partial charge < -0.3 is 20.3 Å². The van der Waals surface area contributed by atoms with Crippen LogP contribution >= 0.6 is 11.6 Å². The number of urea groups is 1. The number of nitrogens with zero attached hydrogens (tertiary/aromatic N) is 1. The van der Waals surface area contributed by atoms with Crippen molar-refractivity contribution >= 4 is 29.2 Å². The van der Waals surface area contributed by atoms with Crippen molar-refractivity contribution in [3.8, 4) is 5.75 Å². The average Bonchev–Trinajstić information content (AvgIpc) is 2.96. The van der Waals surface area contributed by atoms with Crippen molar-refractivity contribution in [2.45, 2.75) is 19.0 Å². The third-order valence-corrected chi connectivity index (χ3v) is 4.59. The SMILES string of the molecule is COc1ccccc1NC(=O)NC1CC(=O)N(Cc2ccccc2Cl)C1. The van der Waals surface area contributed by atoms with Gasteiger partial charge in [-0.15, -0.1) is 0 Å². The van der Waals surface area contributed by atoms with Crippen molar-refractivity contribution in [2.24, 2.45) is 0 Å². The number of nitrogens with one attached hydrogen (secondary N) is 2. The van der Waals surface area contributed by atoms with Crippen LogP contribution < -0.4 is 15.4 Å². The Morgan fingerprint density at radius 1 is 1.23 bits per heavy atom. The van der Waals surface area contributed by atoms with E-state index in [0.29, 0.717) is 29.5 Å². The van der Waals surface area contributed by atoms with Gasteiger partial charge in [-0.1, -0.05) is 41.9 Å². The molecule has 0 aliphatic carbocycles. The first-order valence-electron chi connectivity index (χ1n) is 8.28. The lowest BCUT2D eigenvalue weighted by molar-refractivity contribution is -0.128. The number of amides is 3. The second-order valence-electron chi connectivity index (χ2n) is 6.07. The van der Waals surface area contributed by atoms with Crippen LogP contribution in [0, 0.1) is 0 Å². The van der Waals surface area contributed by atoms with E-state index in [2.05, 4.69) is 10.6 Å². The monoisotopic (exact) mass is 373 g/mol. The van der Waals surface area contributed by atoms with Crippen LogP contribution in [-0.4, -0.2) is 36.5 Å². The summed E-state index contributed by atoms with van der Waals surface area (Å²) in [4.78, 5) is 26.2. The Balaban J connectivity index is 1.57. The van der Waals surface area contributed by atoms with Crippen LogP contribution in [0.5, 0.6) is 5.75 Å². The second kappa shape index (κ2) is 8.10. The normalized spacial score (nSPS) is 16.5. The molecule has 1 fully saturated rings. The van der Waals surface area contributed by atoms with Crippen LogP contribution in [0.1, 0.15) is 12.0 Å². The molecule has 0 spiro atoms. The zero-order valence-electron chi connectivity index (χ0n) is 14.4. The molecule has 26 heavy (non-hydrogen) atoms. The van der Waals surface area contributed by atoms with Crippen molar-refractivity contribution in [1.29, 1.82) is 0 Å². The summed E-state index contributed by atoms with van der Waals surface area (Å²) in [7, 11) is 1.54. The maximum absolute atomic E-state index is 12.2. The zero-order chi connectivity index (χ0) is 18.5. The van der Waals surface area contributed by atoms with E-state index in [0.717, 1.165) is 5.56 Å². The van der Waals surface area contributed by atoms with E-state index < -0.39 is 0 Å². The average molecular weight is 374 g/mol. The van der Waals surface area contributed by atoms with Crippen LogP contribution in [0.3, 0.4) is 0 Å². The number of carbonyl (C=O) groups is 2. The number of anilines is 1. The highest BCUT2D eigenvalue weighted by Crippen LogP contribution is 2.23. The number of halogens is 1. The predicted molar refractivity (Wildman–Crippen MR) is 100 cm³/mol. The first kappa shape index (κ1) is 18.1. The van der Waals surface area contributed by atoms with Gasteiger partial charge in [-0.25, -0.2) is 4.79 Å². The first-order chi connectivity index (χ1) is 12.6. The number of hydrogen-bond acceptors (Lipinski definition) is 3. The molecule has 3 amide bonds. The second-order valence-corrected chi connectivity index (χ2v) is 6.47. The Hall–Kier alpha value is -2.73. The van der Waals surface area contributed by atoms with Crippen LogP contribution in [0.2, 0.25) is 5.02 Å². The fourth-order valence-electron chi connectivity index (χ4n) is 2.95. The van der Waals surface area contributed by atoms with Gasteiger partial charge in [0, 0.05) is 24.5 Å². The molecule has 7 heteroatoms. The Morgan fingerprint density at radius 2 is 1.96 bits per heavy atom. The molecule has 2 aromatic carbocycles. The molecule has 0 radical (unpaired) electrons. The number of ether oxygens (including phenoxy) is 1. The van der Waals surface area contributed by atoms with Crippen LogP contribution in [0.4, 0.5) is 10.5 Å². The standard InChI is InChI=1S/C19H20ClN3O3/c1-26-17-9-5-4-8-16(17)22-19(25)21-14-10-18(24)23(12-14)11-13-6-2-3-7-15(13)20/h2-9,14H,10-12H2,1H3,(H2,21,22,25). The summed E-state index contributed by atoms with van der Waals surface area (Å²) >= 11 is 6.16. The fourth-order valence-corrected chi connectivity index (χ4v) is 3.14. The van der Waals surface area contributed by atoms with Gasteiger partial charge >= 0.3 is 6.03 Å². The third-order valence-electron chi connectivity index (χ3n) is 4.22. The molecule has 1 aliphatic rings. The van der Waals surface area contributed by atoms with Gasteiger partial charge in [0.15, 0.2) is 0 Å². The number of likely N-dealkylation sites (tertiary alicyclic amines) is 1. The minimum absolute atomic E-state index is 0.00693. The molecule has 2 aromatic rings. The van der Waals surface area contributed by atoms with E-state index in [9.17, 15) is 9.59 Å². The van der Waals surface area contributed by atoms with Gasteiger partial charge in [0.2, 0.25) is 5.91 Å². The molecule has 1 unspecified atom stereocenters. The van der Waals surface area contributed by atoms with Crippen LogP contribution in [0.25, 0.3) is 0 Å². The van der Waals surface area contributed by atoms with Gasteiger partial charge in [-0.2, -0.15) is 0 Å². The minimum Gasteiger partial charge on any atom is -0.495 e. The predicted octanol–water partition coefficient (Wildman–Crippen LogP) is 3.27. The lowest BCUT2D eigenvalue weighted by Gasteiger charge is -2.18. The van der Waals surface area contributed by atoms with Gasteiger partial charge in [-0.3, -0.25) is 4.79 Å². The highest BCUT2D eigenvalue weighted by Gasteiger charge is 2.31. The van der Waals surface area contributed by atoms with E-state index in [1.54, 1.807) is 30.2 Å². The summed E-state index contributed by atoms with van der Waals surface area (Å²) in [6.07, 6.45) is 0.268. The van der Waals surface area contributed by atoms with Gasteiger partial charge in [0.05, 0.1) is 18.8 Å². The Bertz CT molecular complexity index is 812. The molecule has 1 atom stereocenters. The molecular weight excluding hydrogens is 354 g/mol. The molecule has 136 valence electrons. The molecule has 6 nitrogen and oxygen atoms in total. The van der Waals surface area contributed by atoms with Gasteiger partial charge in [0.1, 0.15) is 5.75 Å². The lowest BCUT2D eigenvalue weighted by atomic mass is 10.2. The largest absolute Gasteiger partial charge is 0.495 e. The van der Waals surface area contributed by atoms with E-state index in [-0.39, 0.29) is 24.4 Å². The quantitative estimate of drug-likeness (QED) is 0.845. The Labute approximate surface area is 157 Å². The number of benzene rings is 2. The molecule has 0 aromatic heterocycles. The number of hydrogen-bond donors (Lipinski definition) is 2. The Kier molecular flexibility index (Phi) is 5.63. The van der Waals surface area contributed by atoms with Crippen molar-refractivity contribution in [3.05, 3.63) is 59.1 Å². The lowest BCUT2D eigenvalue weighted by Crippen LogP contribution is -2.39. The molecule has 0 saturated carbocycles. The summed E-state index contributed by atoms with van der Waals surface area (Å²) in [5.74, 6) is 0.568. The molecule has 0 bridgehead atoms. The smallest absolute Gasteiger partial charge is 0.319 e. The molecular formula is C19H20ClN3O3. The highest BCUT2D eigenvalue weighted by atomic mass is 35.5. The third kappa shape index (κ3) is 4.26. The number of rotatable bonds is 5. The maximum atomic E-state index is 12.2. The molecule has 1 saturated heterocycles. The van der Waals surface area contributed by atoms with Gasteiger partial charge in [-0.05, 0) is 23.8 Å². The maximum Gasteiger partial charge on any atom is 0.319 e. The fraction of sp³-hybridized carbons (Fsp3) is 0.263. The minimum atomic E-state index is -0.369. The topological polar surface area (TPSA) is 70.7 Å². The summed E-state index contributed by atoms with van der Waals surface area (Å²) in [5.41, 5.74) is 1.46. The van der Waals surface area contributed by atoms with Crippen LogP contribution in [0.15, 0.2) is 48.5 Å². The summed E-state index contributed by atoms with van der Waals surface area (Å²) < 4.78 is 5.21. The summed E-state index contributed by atoms with van der Waals surface area (Å²) in [5, 5.41) is 6.22. The number of para-hydroxylation sites is 2. The van der Waals surface area contributed by atoms with Crippen molar-refractivity contribution < 1.29 is 14.3 Å². The van der Waals surface area contributed by atoms with Crippen molar-refractivity contribution in [1.82, 2.24) is 10.2 Å². The Morgan fingerprint density at radius 3 is 2.73 bits per heavy atom. The molecule has 3 rings (SSSR count). The molecule has 1 heterocycles. The summed E-state index contributed by atoms with van der Waals surface area (Å²) in [6, 6.07) is 14.0. The highest BCUT2D eigenvalue weighted by molar-refractivity contribution is 6.31. The molecule has 2 N–H and O–H groups in total. The van der Waals surface area contributed by atoms with Crippen molar-refractivity contribution in [3.63, 3.8) is 0 Å². The van der Waals surface area contributed by atoms with E-state index in [1.807, 2.05) is 30.3 Å². The summed E-state index contributed by atoms with van der Waals surface area (Å²) in [6.45, 7) is 0.883. The van der Waals surface area contributed by atoms with Gasteiger partial charge in [0.25, 0.3) is 0 Å². The number of methoxy groups -OCH3 is 1. The van der Waals surface area contributed by atoms with E-state index in [4.69, 9.17) is 16.3 Å². The number of carbonyl (C=O) groups excluding carboxylic acids is 2. The first-order valence-corrected chi connectivity index (χ1v) is 8.66. The molecule has 1 aliphatic heterocycles. The zero-order valence-corrected chi connectivity index (χ0v) is 15.1.